The maximum absolute atomic E-state index is 12.3. The van der Waals surface area contributed by atoms with Gasteiger partial charge in [0, 0.05) is 30.9 Å². The summed E-state index contributed by atoms with van der Waals surface area (Å²) in [6.45, 7) is 2.07. The molecule has 0 bridgehead atoms. The number of amides is 1. The monoisotopic (exact) mass is 308 g/mol. The van der Waals surface area contributed by atoms with E-state index in [1.165, 1.54) is 0 Å². The summed E-state index contributed by atoms with van der Waals surface area (Å²) in [5, 5.41) is 12.7. The van der Waals surface area contributed by atoms with Crippen LogP contribution >= 0.6 is 11.6 Å². The second kappa shape index (κ2) is 6.18. The molecule has 5 nitrogen and oxygen atoms in total. The number of aryl methyl sites for hydroxylation is 1. The number of carboxylic acids is 1. The summed E-state index contributed by atoms with van der Waals surface area (Å²) in [6, 6.07) is 7.51. The average molecular weight is 309 g/mol. The summed E-state index contributed by atoms with van der Waals surface area (Å²) in [7, 11) is 1.78. The lowest BCUT2D eigenvalue weighted by molar-refractivity contribution is -0.137. The van der Waals surface area contributed by atoms with Crippen molar-refractivity contribution in [2.75, 3.05) is 6.54 Å². The van der Waals surface area contributed by atoms with Crippen LogP contribution < -0.4 is 5.32 Å². The molecule has 6 heteroatoms. The summed E-state index contributed by atoms with van der Waals surface area (Å²) in [6.07, 6.45) is 0.0170. The van der Waals surface area contributed by atoms with E-state index < -0.39 is 5.97 Å². The van der Waals surface area contributed by atoms with E-state index in [9.17, 15) is 9.59 Å². The first-order valence-corrected chi connectivity index (χ1v) is 7.02. The number of halogens is 1. The highest BCUT2D eigenvalue weighted by atomic mass is 35.5. The van der Waals surface area contributed by atoms with E-state index in [4.69, 9.17) is 16.7 Å². The van der Waals surface area contributed by atoms with E-state index in [2.05, 4.69) is 5.32 Å². The van der Waals surface area contributed by atoms with Gasteiger partial charge in [-0.2, -0.15) is 0 Å². The minimum atomic E-state index is -0.876. The van der Waals surface area contributed by atoms with E-state index in [0.717, 1.165) is 10.9 Å². The van der Waals surface area contributed by atoms with Crippen LogP contribution in [0.4, 0.5) is 0 Å². The van der Waals surface area contributed by atoms with Crippen molar-refractivity contribution in [1.82, 2.24) is 9.88 Å². The van der Waals surface area contributed by atoms with Crippen molar-refractivity contribution in [3.05, 3.63) is 35.0 Å². The number of hydrogen-bond donors (Lipinski definition) is 2. The number of carboxylic acid groups (broad SMARTS) is 1. The second-order valence-corrected chi connectivity index (χ2v) is 5.53. The number of nitrogens with zero attached hydrogens (tertiary/aromatic N) is 1. The Labute approximate surface area is 127 Å². The van der Waals surface area contributed by atoms with Gasteiger partial charge in [-0.25, -0.2) is 0 Å². The zero-order valence-electron chi connectivity index (χ0n) is 11.9. The van der Waals surface area contributed by atoms with E-state index in [0.29, 0.717) is 17.3 Å². The molecule has 1 unspecified atom stereocenters. The zero-order chi connectivity index (χ0) is 15.6. The van der Waals surface area contributed by atoms with Crippen LogP contribution in [0.25, 0.3) is 10.9 Å². The van der Waals surface area contributed by atoms with Gasteiger partial charge in [0.1, 0.15) is 5.69 Å². The quantitative estimate of drug-likeness (QED) is 0.892. The summed E-state index contributed by atoms with van der Waals surface area (Å²) >= 11 is 6.28. The largest absolute Gasteiger partial charge is 0.481 e. The Morgan fingerprint density at radius 2 is 2.05 bits per heavy atom. The van der Waals surface area contributed by atoms with Gasteiger partial charge in [0.2, 0.25) is 0 Å². The Balaban J connectivity index is 2.18. The van der Waals surface area contributed by atoms with Crippen LogP contribution in [0.5, 0.6) is 0 Å². The maximum atomic E-state index is 12.3. The third-order valence-corrected chi connectivity index (χ3v) is 3.78. The lowest BCUT2D eigenvalue weighted by Gasteiger charge is -2.11. The molecule has 0 saturated heterocycles. The molecule has 2 rings (SSSR count). The topological polar surface area (TPSA) is 71.3 Å². The number of aliphatic carboxylic acids is 1. The highest BCUT2D eigenvalue weighted by Gasteiger charge is 2.20. The summed E-state index contributed by atoms with van der Waals surface area (Å²) in [4.78, 5) is 22.9. The lowest BCUT2D eigenvalue weighted by Crippen LogP contribution is -2.30. The molecule has 0 spiro atoms. The number of benzene rings is 1. The van der Waals surface area contributed by atoms with Crippen LogP contribution in [0.3, 0.4) is 0 Å². The van der Waals surface area contributed by atoms with Crippen LogP contribution in [0.15, 0.2) is 24.3 Å². The molecule has 1 amide bonds. The van der Waals surface area contributed by atoms with E-state index >= 15 is 0 Å². The minimum Gasteiger partial charge on any atom is -0.481 e. The molecule has 21 heavy (non-hydrogen) atoms. The fraction of sp³-hybridized carbons (Fsp3) is 0.333. The Morgan fingerprint density at radius 1 is 1.38 bits per heavy atom. The van der Waals surface area contributed by atoms with Crippen molar-refractivity contribution in [1.29, 1.82) is 0 Å². The molecular weight excluding hydrogens is 292 g/mol. The zero-order valence-corrected chi connectivity index (χ0v) is 12.6. The van der Waals surface area contributed by atoms with Gasteiger partial charge in [-0.05, 0) is 12.0 Å². The molecule has 2 N–H and O–H groups in total. The molecular formula is C15H17ClN2O3. The highest BCUT2D eigenvalue weighted by molar-refractivity contribution is 6.38. The van der Waals surface area contributed by atoms with Crippen molar-refractivity contribution in [3.63, 3.8) is 0 Å². The SMILES string of the molecule is CC(CNC(=O)c1c(Cl)c2ccccc2n1C)CC(=O)O. The van der Waals surface area contributed by atoms with E-state index in [1.807, 2.05) is 24.3 Å². The van der Waals surface area contributed by atoms with Crippen molar-refractivity contribution < 1.29 is 14.7 Å². The molecule has 0 aliphatic rings. The molecule has 1 aromatic carbocycles. The lowest BCUT2D eigenvalue weighted by atomic mass is 10.1. The molecule has 0 aliphatic carbocycles. The molecule has 0 fully saturated rings. The van der Waals surface area contributed by atoms with Crippen molar-refractivity contribution >= 4 is 34.4 Å². The predicted octanol–water partition coefficient (Wildman–Crippen LogP) is 2.67. The van der Waals surface area contributed by atoms with Crippen LogP contribution in [-0.4, -0.2) is 28.1 Å². The molecule has 2 aromatic rings. The number of carbonyl (C=O) groups is 2. The van der Waals surface area contributed by atoms with Gasteiger partial charge in [0.15, 0.2) is 0 Å². The van der Waals surface area contributed by atoms with Crippen molar-refractivity contribution in [3.8, 4) is 0 Å². The fourth-order valence-corrected chi connectivity index (χ4v) is 2.69. The molecule has 1 aromatic heterocycles. The molecule has 0 aliphatic heterocycles. The van der Waals surface area contributed by atoms with Gasteiger partial charge in [-0.1, -0.05) is 36.7 Å². The predicted molar refractivity (Wildman–Crippen MR) is 81.7 cm³/mol. The van der Waals surface area contributed by atoms with Crippen LogP contribution in [0.2, 0.25) is 5.02 Å². The summed E-state index contributed by atoms with van der Waals surface area (Å²) in [5.74, 6) is -1.31. The van der Waals surface area contributed by atoms with Gasteiger partial charge >= 0.3 is 5.97 Å². The molecule has 0 radical (unpaired) electrons. The minimum absolute atomic E-state index is 0.0170. The van der Waals surface area contributed by atoms with Gasteiger partial charge in [-0.3, -0.25) is 9.59 Å². The van der Waals surface area contributed by atoms with E-state index in [1.54, 1.807) is 18.5 Å². The van der Waals surface area contributed by atoms with Crippen LogP contribution in [0, 0.1) is 5.92 Å². The first-order chi connectivity index (χ1) is 9.91. The van der Waals surface area contributed by atoms with Crippen molar-refractivity contribution in [2.45, 2.75) is 13.3 Å². The Hall–Kier alpha value is -2.01. The summed E-state index contributed by atoms with van der Waals surface area (Å²) in [5.41, 5.74) is 1.27. The third-order valence-electron chi connectivity index (χ3n) is 3.39. The number of nitrogens with one attached hydrogen (secondary N) is 1. The number of rotatable bonds is 5. The van der Waals surface area contributed by atoms with Crippen LogP contribution in [-0.2, 0) is 11.8 Å². The number of hydrogen-bond acceptors (Lipinski definition) is 2. The molecule has 112 valence electrons. The van der Waals surface area contributed by atoms with Gasteiger partial charge < -0.3 is 15.0 Å². The first-order valence-electron chi connectivity index (χ1n) is 6.64. The van der Waals surface area contributed by atoms with E-state index in [-0.39, 0.29) is 18.2 Å². The average Bonchev–Trinajstić information content (AvgIpc) is 2.68. The number of fused-ring (bicyclic) bond motifs is 1. The van der Waals surface area contributed by atoms with Gasteiger partial charge in [-0.15, -0.1) is 0 Å². The Morgan fingerprint density at radius 3 is 2.67 bits per heavy atom. The fourth-order valence-electron chi connectivity index (χ4n) is 2.32. The highest BCUT2D eigenvalue weighted by Crippen LogP contribution is 2.29. The standard InChI is InChI=1S/C15H17ClN2O3/c1-9(7-12(19)20)8-17-15(21)14-13(16)10-5-3-4-6-11(10)18(14)2/h3-6,9H,7-8H2,1-2H3,(H,17,21)(H,19,20). The maximum Gasteiger partial charge on any atom is 0.303 e. The Kier molecular flexibility index (Phi) is 4.53. The molecule has 1 atom stereocenters. The first kappa shape index (κ1) is 15.4. The normalized spacial score (nSPS) is 12.3. The number of para-hydroxylation sites is 1. The second-order valence-electron chi connectivity index (χ2n) is 5.15. The molecule has 1 heterocycles. The van der Waals surface area contributed by atoms with Crippen molar-refractivity contribution in [2.24, 2.45) is 13.0 Å². The third kappa shape index (κ3) is 3.19. The number of carbonyl (C=O) groups excluding carboxylic acids is 1. The summed E-state index contributed by atoms with van der Waals surface area (Å²) < 4.78 is 1.74. The van der Waals surface area contributed by atoms with Gasteiger partial charge in [0.25, 0.3) is 5.91 Å². The van der Waals surface area contributed by atoms with Crippen LogP contribution in [0.1, 0.15) is 23.8 Å². The Bertz CT molecular complexity index is 655. The molecule has 0 saturated carbocycles. The number of aromatic nitrogens is 1. The smallest absolute Gasteiger partial charge is 0.303 e. The van der Waals surface area contributed by atoms with Gasteiger partial charge in [0.05, 0.1) is 5.02 Å².